The number of halogens is 2. The Morgan fingerprint density at radius 1 is 1.47 bits per heavy atom. The molecule has 15 heavy (non-hydrogen) atoms. The van der Waals surface area contributed by atoms with Gasteiger partial charge in [-0.05, 0) is 31.0 Å². The van der Waals surface area contributed by atoms with Gasteiger partial charge in [-0.1, -0.05) is 15.9 Å². The lowest BCUT2D eigenvalue weighted by Crippen LogP contribution is -2.28. The fourth-order valence-corrected chi connectivity index (χ4v) is 1.89. The summed E-state index contributed by atoms with van der Waals surface area (Å²) in [5.74, 6) is -0.0383. The van der Waals surface area contributed by atoms with Gasteiger partial charge in [-0.2, -0.15) is 0 Å². The number of ether oxygens (including phenoxy) is 2. The number of hydrogen-bond donors (Lipinski definition) is 0. The molecular weight excluding hydrogens is 263 g/mol. The monoisotopic (exact) mass is 274 g/mol. The molecule has 0 bridgehead atoms. The molecule has 82 valence electrons. The lowest BCUT2D eigenvalue weighted by atomic mass is 10.2. The quantitative estimate of drug-likeness (QED) is 0.825. The fraction of sp³-hybridized carbons (Fsp3) is 0.455. The standard InChI is InChI=1S/C11H12BrFO2/c12-8-3-4-10(13)11(6-8)15-9-2-1-5-14-7-9/h3-4,6,9H,1-2,5,7H2. The first-order valence-electron chi connectivity index (χ1n) is 4.95. The zero-order valence-corrected chi connectivity index (χ0v) is 9.80. The molecule has 0 radical (unpaired) electrons. The van der Waals surface area contributed by atoms with Gasteiger partial charge in [0.1, 0.15) is 6.10 Å². The van der Waals surface area contributed by atoms with Crippen molar-refractivity contribution in [2.45, 2.75) is 18.9 Å². The van der Waals surface area contributed by atoms with Gasteiger partial charge < -0.3 is 9.47 Å². The molecule has 1 fully saturated rings. The average molecular weight is 275 g/mol. The minimum absolute atomic E-state index is 0.0254. The van der Waals surface area contributed by atoms with Crippen molar-refractivity contribution in [2.24, 2.45) is 0 Å². The van der Waals surface area contributed by atoms with Crippen molar-refractivity contribution in [1.82, 2.24) is 0 Å². The zero-order valence-electron chi connectivity index (χ0n) is 8.21. The molecule has 0 spiro atoms. The van der Waals surface area contributed by atoms with Crippen LogP contribution in [0.1, 0.15) is 12.8 Å². The van der Waals surface area contributed by atoms with Crippen LogP contribution in [0, 0.1) is 5.82 Å². The molecule has 0 aromatic heterocycles. The maximum atomic E-state index is 13.3. The van der Waals surface area contributed by atoms with Crippen LogP contribution in [0.2, 0.25) is 0 Å². The average Bonchev–Trinajstić information content (AvgIpc) is 2.25. The fourth-order valence-electron chi connectivity index (χ4n) is 1.55. The van der Waals surface area contributed by atoms with Gasteiger partial charge in [-0.15, -0.1) is 0 Å². The predicted octanol–water partition coefficient (Wildman–Crippen LogP) is 3.15. The van der Waals surface area contributed by atoms with E-state index in [1.807, 2.05) is 0 Å². The first kappa shape index (κ1) is 10.9. The van der Waals surface area contributed by atoms with Crippen LogP contribution >= 0.6 is 15.9 Å². The van der Waals surface area contributed by atoms with Gasteiger partial charge >= 0.3 is 0 Å². The summed E-state index contributed by atoms with van der Waals surface area (Å²) >= 11 is 3.28. The molecule has 1 aliphatic heterocycles. The van der Waals surface area contributed by atoms with Gasteiger partial charge in [0.05, 0.1) is 6.61 Å². The highest BCUT2D eigenvalue weighted by Gasteiger charge is 2.17. The molecule has 1 aliphatic rings. The molecule has 1 unspecified atom stereocenters. The van der Waals surface area contributed by atoms with Crippen LogP contribution in [0.4, 0.5) is 4.39 Å². The van der Waals surface area contributed by atoms with Gasteiger partial charge in [-0.25, -0.2) is 4.39 Å². The Morgan fingerprint density at radius 2 is 2.33 bits per heavy atom. The van der Waals surface area contributed by atoms with Crippen molar-refractivity contribution in [1.29, 1.82) is 0 Å². The highest BCUT2D eigenvalue weighted by molar-refractivity contribution is 9.10. The molecular formula is C11H12BrFO2. The Labute approximate surface area is 96.5 Å². The summed E-state index contributed by atoms with van der Waals surface area (Å²) in [6.07, 6.45) is 1.87. The van der Waals surface area contributed by atoms with Crippen LogP contribution in [0.15, 0.2) is 22.7 Å². The van der Waals surface area contributed by atoms with Crippen molar-refractivity contribution in [3.8, 4) is 5.75 Å². The Kier molecular flexibility index (Phi) is 3.59. The SMILES string of the molecule is Fc1ccc(Br)cc1OC1CCCOC1. The van der Waals surface area contributed by atoms with Gasteiger partial charge in [0, 0.05) is 11.1 Å². The second-order valence-electron chi connectivity index (χ2n) is 3.53. The molecule has 0 N–H and O–H groups in total. The molecule has 1 atom stereocenters. The second-order valence-corrected chi connectivity index (χ2v) is 4.45. The lowest BCUT2D eigenvalue weighted by molar-refractivity contribution is 0.00585. The number of benzene rings is 1. The molecule has 4 heteroatoms. The third-order valence-corrected chi connectivity index (χ3v) is 2.80. The molecule has 1 aromatic carbocycles. The normalized spacial score (nSPS) is 21.3. The molecule has 1 heterocycles. The van der Waals surface area contributed by atoms with Crippen LogP contribution in [0.25, 0.3) is 0 Å². The summed E-state index contributed by atoms with van der Waals surface area (Å²) in [6, 6.07) is 4.69. The first-order valence-corrected chi connectivity index (χ1v) is 5.74. The third-order valence-electron chi connectivity index (χ3n) is 2.31. The molecule has 0 amide bonds. The van der Waals surface area contributed by atoms with E-state index in [0.717, 1.165) is 23.9 Å². The smallest absolute Gasteiger partial charge is 0.165 e. The van der Waals surface area contributed by atoms with Gasteiger partial charge in [0.2, 0.25) is 0 Å². The summed E-state index contributed by atoms with van der Waals surface area (Å²) in [5, 5.41) is 0. The molecule has 0 aliphatic carbocycles. The first-order chi connectivity index (χ1) is 7.25. The summed E-state index contributed by atoms with van der Waals surface area (Å²) in [7, 11) is 0. The van der Waals surface area contributed by atoms with Crippen LogP contribution in [-0.2, 0) is 4.74 Å². The molecule has 1 saturated heterocycles. The topological polar surface area (TPSA) is 18.5 Å². The molecule has 2 rings (SSSR count). The minimum atomic E-state index is -0.330. The van der Waals surface area contributed by atoms with Crippen molar-refractivity contribution < 1.29 is 13.9 Å². The van der Waals surface area contributed by atoms with E-state index in [0.29, 0.717) is 12.4 Å². The number of hydrogen-bond acceptors (Lipinski definition) is 2. The van der Waals surface area contributed by atoms with Gasteiger partial charge in [0.25, 0.3) is 0 Å². The van der Waals surface area contributed by atoms with E-state index >= 15 is 0 Å². The highest BCUT2D eigenvalue weighted by atomic mass is 79.9. The van der Waals surface area contributed by atoms with E-state index in [9.17, 15) is 4.39 Å². The predicted molar refractivity (Wildman–Crippen MR) is 58.6 cm³/mol. The van der Waals surface area contributed by atoms with Gasteiger partial charge in [0.15, 0.2) is 11.6 Å². The largest absolute Gasteiger partial charge is 0.485 e. The van der Waals surface area contributed by atoms with E-state index in [4.69, 9.17) is 9.47 Å². The van der Waals surface area contributed by atoms with Crippen molar-refractivity contribution in [2.75, 3.05) is 13.2 Å². The van der Waals surface area contributed by atoms with Crippen LogP contribution in [0.5, 0.6) is 5.75 Å². The summed E-state index contributed by atoms with van der Waals surface area (Å²) in [5.41, 5.74) is 0. The third kappa shape index (κ3) is 2.92. The van der Waals surface area contributed by atoms with E-state index in [1.165, 1.54) is 6.07 Å². The Morgan fingerprint density at radius 3 is 3.07 bits per heavy atom. The van der Waals surface area contributed by atoms with Gasteiger partial charge in [-0.3, -0.25) is 0 Å². The van der Waals surface area contributed by atoms with Crippen LogP contribution in [-0.4, -0.2) is 19.3 Å². The summed E-state index contributed by atoms with van der Waals surface area (Å²) in [4.78, 5) is 0. The van der Waals surface area contributed by atoms with Crippen LogP contribution in [0.3, 0.4) is 0 Å². The summed E-state index contributed by atoms with van der Waals surface area (Å²) in [6.45, 7) is 1.33. The Bertz CT molecular complexity index is 337. The lowest BCUT2D eigenvalue weighted by Gasteiger charge is -2.23. The Balaban J connectivity index is 2.05. The van der Waals surface area contributed by atoms with E-state index in [1.54, 1.807) is 12.1 Å². The van der Waals surface area contributed by atoms with Crippen molar-refractivity contribution in [3.63, 3.8) is 0 Å². The summed E-state index contributed by atoms with van der Waals surface area (Å²) < 4.78 is 25.0. The van der Waals surface area contributed by atoms with E-state index < -0.39 is 0 Å². The maximum absolute atomic E-state index is 13.3. The molecule has 2 nitrogen and oxygen atoms in total. The highest BCUT2D eigenvalue weighted by Crippen LogP contribution is 2.24. The number of rotatable bonds is 2. The van der Waals surface area contributed by atoms with E-state index in [2.05, 4.69) is 15.9 Å². The van der Waals surface area contributed by atoms with E-state index in [-0.39, 0.29) is 11.9 Å². The maximum Gasteiger partial charge on any atom is 0.165 e. The Hall–Kier alpha value is -0.610. The molecule has 1 aromatic rings. The second kappa shape index (κ2) is 4.94. The molecule has 0 saturated carbocycles. The van der Waals surface area contributed by atoms with Crippen molar-refractivity contribution >= 4 is 15.9 Å². The van der Waals surface area contributed by atoms with Crippen LogP contribution < -0.4 is 4.74 Å². The minimum Gasteiger partial charge on any atom is -0.485 e. The van der Waals surface area contributed by atoms with Crippen molar-refractivity contribution in [3.05, 3.63) is 28.5 Å². The zero-order chi connectivity index (χ0) is 10.7.